The van der Waals surface area contributed by atoms with E-state index in [9.17, 15) is 14.7 Å². The average molecular weight is 254 g/mol. The van der Waals surface area contributed by atoms with Crippen molar-refractivity contribution in [3.8, 4) is 0 Å². The first-order valence-corrected chi connectivity index (χ1v) is 5.81. The standard InChI is InChI=1S/C15H10O4/c1-2-11(16)12-7-10-13(17)8-5-3-4-6-9(8)14(18)15(10)19-12/h2-7,16H,1H3/b11-2-. The minimum Gasteiger partial charge on any atom is -0.504 e. The van der Waals surface area contributed by atoms with Crippen molar-refractivity contribution in [1.29, 1.82) is 0 Å². The van der Waals surface area contributed by atoms with Gasteiger partial charge in [0.15, 0.2) is 23.1 Å². The summed E-state index contributed by atoms with van der Waals surface area (Å²) in [6.07, 6.45) is 1.44. The third-order valence-corrected chi connectivity index (χ3v) is 3.13. The highest BCUT2D eigenvalue weighted by molar-refractivity contribution is 6.27. The maximum atomic E-state index is 12.3. The quantitative estimate of drug-likeness (QED) is 0.678. The lowest BCUT2D eigenvalue weighted by Gasteiger charge is -2.11. The number of fused-ring (bicyclic) bond motifs is 2. The highest BCUT2D eigenvalue weighted by Gasteiger charge is 2.33. The molecule has 0 aliphatic heterocycles. The summed E-state index contributed by atoms with van der Waals surface area (Å²) in [6.45, 7) is 1.63. The van der Waals surface area contributed by atoms with Gasteiger partial charge >= 0.3 is 0 Å². The van der Waals surface area contributed by atoms with Crippen LogP contribution >= 0.6 is 0 Å². The number of benzene rings is 1. The Morgan fingerprint density at radius 2 is 1.74 bits per heavy atom. The zero-order valence-corrected chi connectivity index (χ0v) is 10.1. The van der Waals surface area contributed by atoms with Gasteiger partial charge < -0.3 is 9.52 Å². The Kier molecular flexibility index (Phi) is 2.38. The number of hydrogen-bond donors (Lipinski definition) is 1. The molecule has 1 aliphatic rings. The van der Waals surface area contributed by atoms with Gasteiger partial charge in [-0.25, -0.2) is 0 Å². The molecule has 0 unspecified atom stereocenters. The Balaban J connectivity index is 2.23. The van der Waals surface area contributed by atoms with E-state index in [1.165, 1.54) is 12.1 Å². The van der Waals surface area contributed by atoms with Crippen LogP contribution in [0.3, 0.4) is 0 Å². The Hall–Kier alpha value is -2.62. The number of carbonyl (C=O) groups is 2. The van der Waals surface area contributed by atoms with Crippen molar-refractivity contribution in [2.24, 2.45) is 0 Å². The Bertz CT molecular complexity index is 682. The Labute approximate surface area is 109 Å². The molecule has 19 heavy (non-hydrogen) atoms. The molecule has 4 heteroatoms. The number of hydrogen-bond acceptors (Lipinski definition) is 4. The molecule has 2 aromatic rings. The van der Waals surface area contributed by atoms with Crippen molar-refractivity contribution < 1.29 is 19.1 Å². The summed E-state index contributed by atoms with van der Waals surface area (Å²) in [7, 11) is 0. The van der Waals surface area contributed by atoms with Crippen LogP contribution in [-0.4, -0.2) is 16.7 Å². The first kappa shape index (κ1) is 11.5. The lowest BCUT2D eigenvalue weighted by molar-refractivity contribution is 0.0960. The van der Waals surface area contributed by atoms with Crippen LogP contribution in [0.15, 0.2) is 40.8 Å². The molecule has 4 nitrogen and oxygen atoms in total. The normalized spacial score (nSPS) is 14.3. The zero-order valence-electron chi connectivity index (χ0n) is 10.1. The summed E-state index contributed by atoms with van der Waals surface area (Å²) < 4.78 is 5.31. The van der Waals surface area contributed by atoms with Crippen molar-refractivity contribution in [2.75, 3.05) is 0 Å². The monoisotopic (exact) mass is 254 g/mol. The first-order valence-electron chi connectivity index (χ1n) is 5.81. The number of rotatable bonds is 1. The molecule has 0 atom stereocenters. The van der Waals surface area contributed by atoms with Gasteiger partial charge in [0.25, 0.3) is 0 Å². The number of aliphatic hydroxyl groups is 1. The summed E-state index contributed by atoms with van der Waals surface area (Å²) >= 11 is 0. The molecule has 1 N–H and O–H groups in total. The minimum absolute atomic E-state index is 0.00731. The fourth-order valence-electron chi connectivity index (χ4n) is 2.14. The second kappa shape index (κ2) is 3.95. The summed E-state index contributed by atoms with van der Waals surface area (Å²) in [5.74, 6) is -0.572. The predicted molar refractivity (Wildman–Crippen MR) is 68.3 cm³/mol. The van der Waals surface area contributed by atoms with Crippen molar-refractivity contribution >= 4 is 17.3 Å². The van der Waals surface area contributed by atoms with Crippen molar-refractivity contribution in [3.05, 3.63) is 64.6 Å². The van der Waals surface area contributed by atoms with E-state index in [0.29, 0.717) is 11.1 Å². The summed E-state index contributed by atoms with van der Waals surface area (Å²) in [5.41, 5.74) is 0.903. The van der Waals surface area contributed by atoms with Gasteiger partial charge in [-0.2, -0.15) is 0 Å². The molecule has 94 valence electrons. The summed E-state index contributed by atoms with van der Waals surface area (Å²) in [4.78, 5) is 24.5. The lowest BCUT2D eigenvalue weighted by atomic mass is 9.88. The molecule has 1 aromatic heterocycles. The Morgan fingerprint density at radius 3 is 2.37 bits per heavy atom. The van der Waals surface area contributed by atoms with Crippen LogP contribution in [0.4, 0.5) is 0 Å². The maximum Gasteiger partial charge on any atom is 0.229 e. The van der Waals surface area contributed by atoms with Gasteiger partial charge in [-0.05, 0) is 19.1 Å². The van der Waals surface area contributed by atoms with E-state index in [2.05, 4.69) is 0 Å². The molecule has 0 amide bonds. The van der Waals surface area contributed by atoms with Gasteiger partial charge in [0.2, 0.25) is 5.78 Å². The summed E-state index contributed by atoms with van der Waals surface area (Å²) in [5, 5.41) is 9.61. The van der Waals surface area contributed by atoms with E-state index in [-0.39, 0.29) is 34.4 Å². The van der Waals surface area contributed by atoms with Crippen LogP contribution in [0.2, 0.25) is 0 Å². The molecular formula is C15H10O4. The first-order chi connectivity index (χ1) is 9.13. The lowest BCUT2D eigenvalue weighted by Crippen LogP contribution is -2.18. The molecule has 1 heterocycles. The number of ketones is 2. The number of allylic oxidation sites excluding steroid dienone is 1. The minimum atomic E-state index is -0.333. The van der Waals surface area contributed by atoms with Gasteiger partial charge in [-0.1, -0.05) is 24.3 Å². The van der Waals surface area contributed by atoms with Crippen molar-refractivity contribution in [3.63, 3.8) is 0 Å². The van der Waals surface area contributed by atoms with Crippen LogP contribution in [0.1, 0.15) is 44.7 Å². The highest BCUT2D eigenvalue weighted by atomic mass is 16.4. The van der Waals surface area contributed by atoms with Gasteiger partial charge in [0.1, 0.15) is 0 Å². The molecule has 0 bridgehead atoms. The molecule has 0 fully saturated rings. The van der Waals surface area contributed by atoms with Crippen LogP contribution < -0.4 is 0 Å². The average Bonchev–Trinajstić information content (AvgIpc) is 2.89. The molecule has 0 radical (unpaired) electrons. The number of aliphatic hydroxyl groups excluding tert-OH is 1. The maximum absolute atomic E-state index is 12.3. The van der Waals surface area contributed by atoms with E-state index >= 15 is 0 Å². The van der Waals surface area contributed by atoms with E-state index in [4.69, 9.17) is 4.42 Å². The fraction of sp³-hybridized carbons (Fsp3) is 0.0667. The smallest absolute Gasteiger partial charge is 0.229 e. The third-order valence-electron chi connectivity index (χ3n) is 3.13. The van der Waals surface area contributed by atoms with Gasteiger partial charge in [0, 0.05) is 11.1 Å². The topological polar surface area (TPSA) is 67.5 Å². The Morgan fingerprint density at radius 1 is 1.11 bits per heavy atom. The molecule has 0 spiro atoms. The van der Waals surface area contributed by atoms with Crippen molar-refractivity contribution in [1.82, 2.24) is 0 Å². The van der Waals surface area contributed by atoms with Crippen LogP contribution in [0.25, 0.3) is 5.76 Å². The number of carbonyl (C=O) groups excluding carboxylic acids is 2. The van der Waals surface area contributed by atoms with Gasteiger partial charge in [-0.3, -0.25) is 9.59 Å². The van der Waals surface area contributed by atoms with E-state index in [1.54, 1.807) is 31.2 Å². The predicted octanol–water partition coefficient (Wildman–Crippen LogP) is 2.97. The SMILES string of the molecule is C/C=C(\O)c1cc2c(o1)C(=O)c1ccccc1C2=O. The van der Waals surface area contributed by atoms with E-state index < -0.39 is 0 Å². The van der Waals surface area contributed by atoms with Gasteiger partial charge in [-0.15, -0.1) is 0 Å². The summed E-state index contributed by atoms with van der Waals surface area (Å²) in [6, 6.07) is 8.01. The molecule has 0 saturated heterocycles. The number of furan rings is 1. The second-order valence-corrected chi connectivity index (χ2v) is 4.23. The second-order valence-electron chi connectivity index (χ2n) is 4.23. The van der Waals surface area contributed by atoms with Crippen LogP contribution in [0, 0.1) is 0 Å². The van der Waals surface area contributed by atoms with Crippen molar-refractivity contribution in [2.45, 2.75) is 6.92 Å². The molecular weight excluding hydrogens is 244 g/mol. The molecule has 0 saturated carbocycles. The third kappa shape index (κ3) is 1.53. The highest BCUT2D eigenvalue weighted by Crippen LogP contribution is 2.31. The van der Waals surface area contributed by atoms with Crippen LogP contribution in [-0.2, 0) is 0 Å². The van der Waals surface area contributed by atoms with E-state index in [1.807, 2.05) is 0 Å². The van der Waals surface area contributed by atoms with E-state index in [0.717, 1.165) is 0 Å². The van der Waals surface area contributed by atoms with Crippen LogP contribution in [0.5, 0.6) is 0 Å². The fourth-order valence-corrected chi connectivity index (χ4v) is 2.14. The molecule has 1 aliphatic carbocycles. The largest absolute Gasteiger partial charge is 0.504 e. The molecule has 1 aromatic carbocycles. The van der Waals surface area contributed by atoms with Gasteiger partial charge in [0.05, 0.1) is 5.56 Å². The zero-order chi connectivity index (χ0) is 13.6. The molecule has 3 rings (SSSR count).